The lowest BCUT2D eigenvalue weighted by atomic mass is 9.99. The minimum Gasteiger partial charge on any atom is -0.369 e. The summed E-state index contributed by atoms with van der Waals surface area (Å²) in [6.07, 6.45) is 4.55. The second kappa shape index (κ2) is 9.98. The summed E-state index contributed by atoms with van der Waals surface area (Å²) >= 11 is 0. The number of tetrazole rings is 1. The van der Waals surface area contributed by atoms with E-state index in [4.69, 9.17) is 0 Å². The van der Waals surface area contributed by atoms with Crippen LogP contribution in [0.1, 0.15) is 71.4 Å². The molecule has 38 heavy (non-hydrogen) atoms. The smallest absolute Gasteiger partial charge is 0.253 e. The Kier molecular flexibility index (Phi) is 6.51. The Labute approximate surface area is 223 Å². The lowest BCUT2D eigenvalue weighted by molar-refractivity contribution is 0.196. The molecule has 3 heterocycles. The number of aromatic amines is 1. The molecule has 1 unspecified atom stereocenters. The van der Waals surface area contributed by atoms with Crippen molar-refractivity contribution in [2.45, 2.75) is 65.5 Å². The minimum absolute atomic E-state index is 0.0644. The van der Waals surface area contributed by atoms with Crippen LogP contribution in [0.4, 0.5) is 5.69 Å². The minimum atomic E-state index is -0.305. The van der Waals surface area contributed by atoms with Gasteiger partial charge in [-0.1, -0.05) is 31.0 Å². The molecule has 1 aliphatic heterocycles. The molecule has 2 aromatic carbocycles. The molecule has 0 spiro atoms. The highest BCUT2D eigenvalue weighted by Crippen LogP contribution is 2.35. The molecule has 2 aromatic heterocycles. The van der Waals surface area contributed by atoms with Crippen molar-refractivity contribution in [1.82, 2.24) is 30.1 Å². The molecule has 1 saturated carbocycles. The summed E-state index contributed by atoms with van der Waals surface area (Å²) in [5.41, 5.74) is 7.78. The number of hydrogen-bond donors (Lipinski definition) is 1. The van der Waals surface area contributed by atoms with Crippen LogP contribution in [0.15, 0.2) is 41.2 Å². The first-order valence-electron chi connectivity index (χ1n) is 13.9. The maximum Gasteiger partial charge on any atom is 0.253 e. The molecule has 198 valence electrons. The summed E-state index contributed by atoms with van der Waals surface area (Å²) in [5.74, 6) is 0.784. The van der Waals surface area contributed by atoms with Crippen LogP contribution >= 0.6 is 0 Å². The van der Waals surface area contributed by atoms with Crippen LogP contribution in [-0.4, -0.2) is 56.3 Å². The zero-order chi connectivity index (χ0) is 26.4. The van der Waals surface area contributed by atoms with E-state index in [0.717, 1.165) is 72.4 Å². The number of piperazine rings is 1. The zero-order valence-electron chi connectivity index (χ0n) is 22.9. The van der Waals surface area contributed by atoms with Gasteiger partial charge in [-0.2, -0.15) is 0 Å². The van der Waals surface area contributed by atoms with E-state index >= 15 is 0 Å². The molecule has 0 amide bonds. The van der Waals surface area contributed by atoms with Gasteiger partial charge in [0.2, 0.25) is 0 Å². The van der Waals surface area contributed by atoms with Crippen LogP contribution in [0.2, 0.25) is 0 Å². The van der Waals surface area contributed by atoms with Crippen LogP contribution in [0, 0.1) is 27.7 Å². The third-order valence-corrected chi connectivity index (χ3v) is 8.67. The summed E-state index contributed by atoms with van der Waals surface area (Å²) in [6, 6.07) is 12.8. The average molecular weight is 512 g/mol. The summed E-state index contributed by atoms with van der Waals surface area (Å²) in [4.78, 5) is 21.7. The molecule has 8 nitrogen and oxygen atoms in total. The molecule has 0 bridgehead atoms. The van der Waals surface area contributed by atoms with Gasteiger partial charge in [0.25, 0.3) is 5.56 Å². The highest BCUT2D eigenvalue weighted by Gasteiger charge is 2.35. The number of nitrogens with one attached hydrogen (secondary N) is 1. The number of H-pyrrole nitrogens is 1. The van der Waals surface area contributed by atoms with Gasteiger partial charge in [0.05, 0.1) is 6.04 Å². The first-order chi connectivity index (χ1) is 18.4. The molecule has 1 saturated heterocycles. The molecule has 1 N–H and O–H groups in total. The Morgan fingerprint density at radius 2 is 1.71 bits per heavy atom. The van der Waals surface area contributed by atoms with Gasteiger partial charge < -0.3 is 9.88 Å². The van der Waals surface area contributed by atoms with E-state index in [0.29, 0.717) is 6.04 Å². The van der Waals surface area contributed by atoms with E-state index in [9.17, 15) is 4.79 Å². The number of aromatic nitrogens is 5. The van der Waals surface area contributed by atoms with Gasteiger partial charge in [0, 0.05) is 48.3 Å². The van der Waals surface area contributed by atoms with Crippen LogP contribution in [0.25, 0.3) is 10.9 Å². The van der Waals surface area contributed by atoms with Gasteiger partial charge in [0.15, 0.2) is 5.82 Å². The number of hydrogen-bond acceptors (Lipinski definition) is 6. The lowest BCUT2D eigenvalue weighted by Gasteiger charge is -2.40. The Hall–Kier alpha value is -3.52. The molecular weight excluding hydrogens is 474 g/mol. The van der Waals surface area contributed by atoms with Gasteiger partial charge in [-0.15, -0.1) is 5.10 Å². The summed E-state index contributed by atoms with van der Waals surface area (Å²) in [5, 5.41) is 14.2. The van der Waals surface area contributed by atoms with Crippen molar-refractivity contribution in [1.29, 1.82) is 0 Å². The molecule has 1 aliphatic carbocycles. The van der Waals surface area contributed by atoms with E-state index < -0.39 is 0 Å². The quantitative estimate of drug-likeness (QED) is 0.415. The van der Waals surface area contributed by atoms with Crippen molar-refractivity contribution in [2.24, 2.45) is 0 Å². The topological polar surface area (TPSA) is 82.9 Å². The second-order valence-electron chi connectivity index (χ2n) is 11.2. The number of fused-ring (bicyclic) bond motifs is 1. The SMILES string of the molecule is Cc1cc(C)c2cc(C(c3nnnn3C3CCCC3)N3CCN(c4cccc(C)c4C)CC3)c(=O)[nH]c2c1. The van der Waals surface area contributed by atoms with E-state index in [1.165, 1.54) is 29.7 Å². The fourth-order valence-electron chi connectivity index (χ4n) is 6.48. The van der Waals surface area contributed by atoms with Crippen LogP contribution in [0.5, 0.6) is 0 Å². The number of aryl methyl sites for hydroxylation is 3. The van der Waals surface area contributed by atoms with Gasteiger partial charge in [-0.05, 0) is 91.4 Å². The molecule has 1 atom stereocenters. The molecule has 4 aromatic rings. The highest BCUT2D eigenvalue weighted by molar-refractivity contribution is 5.83. The third-order valence-electron chi connectivity index (χ3n) is 8.67. The first kappa shape index (κ1) is 24.8. The molecule has 2 aliphatic rings. The van der Waals surface area contributed by atoms with Crippen molar-refractivity contribution in [3.63, 3.8) is 0 Å². The molecule has 8 heteroatoms. The second-order valence-corrected chi connectivity index (χ2v) is 11.2. The van der Waals surface area contributed by atoms with Gasteiger partial charge >= 0.3 is 0 Å². The monoisotopic (exact) mass is 511 g/mol. The zero-order valence-corrected chi connectivity index (χ0v) is 22.9. The summed E-state index contributed by atoms with van der Waals surface area (Å²) in [7, 11) is 0. The van der Waals surface area contributed by atoms with E-state index in [-0.39, 0.29) is 11.6 Å². The Balaban J connectivity index is 1.41. The fourth-order valence-corrected chi connectivity index (χ4v) is 6.48. The Morgan fingerprint density at radius 3 is 2.47 bits per heavy atom. The molecular formula is C30H37N7O. The van der Waals surface area contributed by atoms with Crippen molar-refractivity contribution in [2.75, 3.05) is 31.1 Å². The molecule has 6 rings (SSSR count). The standard InChI is InChI=1S/C30H37N7O/c1-19-16-21(3)24-18-25(30(38)31-26(24)17-19)28(29-32-33-34-37(29)23-9-5-6-10-23)36-14-12-35(13-15-36)27-11-7-8-20(2)22(27)4/h7-8,11,16-18,23,28H,5-6,9-10,12-15H2,1-4H3,(H,31,38). The fraction of sp³-hybridized carbons (Fsp3) is 0.467. The number of benzene rings is 2. The van der Waals surface area contributed by atoms with Crippen molar-refractivity contribution in [3.8, 4) is 0 Å². The van der Waals surface area contributed by atoms with E-state index in [1.807, 2.05) is 10.7 Å². The van der Waals surface area contributed by atoms with Crippen molar-refractivity contribution >= 4 is 16.6 Å². The van der Waals surface area contributed by atoms with Gasteiger partial charge in [0.1, 0.15) is 6.04 Å². The molecule has 2 fully saturated rings. The van der Waals surface area contributed by atoms with Crippen molar-refractivity contribution < 1.29 is 0 Å². The lowest BCUT2D eigenvalue weighted by Crippen LogP contribution is -2.49. The van der Waals surface area contributed by atoms with E-state index in [1.54, 1.807) is 0 Å². The number of pyridine rings is 1. The third kappa shape index (κ3) is 4.41. The predicted octanol–water partition coefficient (Wildman–Crippen LogP) is 4.77. The Morgan fingerprint density at radius 1 is 0.947 bits per heavy atom. The van der Waals surface area contributed by atoms with Crippen LogP contribution < -0.4 is 10.5 Å². The van der Waals surface area contributed by atoms with Gasteiger partial charge in [-0.25, -0.2) is 4.68 Å². The maximum absolute atomic E-state index is 13.7. The molecule has 0 radical (unpaired) electrons. The average Bonchev–Trinajstić information content (AvgIpc) is 3.59. The predicted molar refractivity (Wildman–Crippen MR) is 151 cm³/mol. The normalized spacial score (nSPS) is 17.9. The summed E-state index contributed by atoms with van der Waals surface area (Å²) in [6.45, 7) is 12.0. The summed E-state index contributed by atoms with van der Waals surface area (Å²) < 4.78 is 2.01. The Bertz CT molecular complexity index is 1520. The van der Waals surface area contributed by atoms with Crippen LogP contribution in [0.3, 0.4) is 0 Å². The number of rotatable bonds is 5. The maximum atomic E-state index is 13.7. The first-order valence-corrected chi connectivity index (χ1v) is 13.9. The largest absolute Gasteiger partial charge is 0.369 e. The van der Waals surface area contributed by atoms with E-state index in [2.05, 4.69) is 88.3 Å². The number of nitrogens with zero attached hydrogens (tertiary/aromatic N) is 6. The highest BCUT2D eigenvalue weighted by atomic mass is 16.1. The number of anilines is 1. The van der Waals surface area contributed by atoms with Crippen molar-refractivity contribution in [3.05, 3.63) is 80.4 Å². The van der Waals surface area contributed by atoms with Crippen LogP contribution in [-0.2, 0) is 0 Å². The van der Waals surface area contributed by atoms with Gasteiger partial charge in [-0.3, -0.25) is 9.69 Å².